The number of nitrogens with zero attached hydrogens (tertiary/aromatic N) is 2. The van der Waals surface area contributed by atoms with Crippen molar-refractivity contribution in [1.82, 2.24) is 10.2 Å². The Hall–Kier alpha value is -2.59. The van der Waals surface area contributed by atoms with Crippen LogP contribution in [0.2, 0.25) is 10.0 Å². The number of anilines is 1. The third-order valence-corrected chi connectivity index (χ3v) is 9.76. The van der Waals surface area contributed by atoms with Crippen molar-refractivity contribution in [3.63, 3.8) is 0 Å². The second kappa shape index (κ2) is 14.7. The predicted molar refractivity (Wildman–Crippen MR) is 172 cm³/mol. The van der Waals surface area contributed by atoms with Crippen LogP contribution in [0.15, 0.2) is 77.3 Å². The number of carbonyl (C=O) groups is 2. The van der Waals surface area contributed by atoms with Gasteiger partial charge in [0, 0.05) is 33.5 Å². The van der Waals surface area contributed by atoms with Gasteiger partial charge in [-0.3, -0.25) is 13.9 Å². The number of hydrogen-bond donors (Lipinski definition) is 1. The molecule has 42 heavy (non-hydrogen) atoms. The number of amides is 2. The lowest BCUT2D eigenvalue weighted by Crippen LogP contribution is -2.55. The molecule has 1 fully saturated rings. The van der Waals surface area contributed by atoms with E-state index in [4.69, 9.17) is 23.2 Å². The van der Waals surface area contributed by atoms with E-state index in [2.05, 4.69) is 21.2 Å². The largest absolute Gasteiger partial charge is 0.352 e. The first-order valence-corrected chi connectivity index (χ1v) is 17.2. The van der Waals surface area contributed by atoms with Gasteiger partial charge in [-0.05, 0) is 64.2 Å². The lowest BCUT2D eigenvalue weighted by molar-refractivity contribution is -0.140. The average Bonchev–Trinajstić information content (AvgIpc) is 2.95. The number of rotatable bonds is 11. The van der Waals surface area contributed by atoms with Gasteiger partial charge in [0.05, 0.1) is 11.9 Å². The second-order valence-corrected chi connectivity index (χ2v) is 14.1. The maximum atomic E-state index is 14.3. The number of para-hydroxylation sites is 1. The summed E-state index contributed by atoms with van der Waals surface area (Å²) in [6.07, 6.45) is 6.26. The molecule has 0 aromatic heterocycles. The molecule has 11 heteroatoms. The molecule has 7 nitrogen and oxygen atoms in total. The third kappa shape index (κ3) is 8.72. The average molecular weight is 696 g/mol. The van der Waals surface area contributed by atoms with Gasteiger partial charge in [-0.25, -0.2) is 8.42 Å². The molecule has 0 bridgehead atoms. The molecule has 1 N–H and O–H groups in total. The summed E-state index contributed by atoms with van der Waals surface area (Å²) < 4.78 is 27.5. The number of halogens is 3. The van der Waals surface area contributed by atoms with Gasteiger partial charge in [-0.1, -0.05) is 91.0 Å². The summed E-state index contributed by atoms with van der Waals surface area (Å²) >= 11 is 16.1. The van der Waals surface area contributed by atoms with E-state index in [9.17, 15) is 18.0 Å². The van der Waals surface area contributed by atoms with Crippen molar-refractivity contribution in [2.75, 3.05) is 17.1 Å². The Morgan fingerprint density at radius 2 is 1.64 bits per heavy atom. The zero-order chi connectivity index (χ0) is 30.3. The molecule has 4 rings (SSSR count). The quantitative estimate of drug-likeness (QED) is 0.245. The Balaban J connectivity index is 1.75. The molecule has 0 saturated heterocycles. The highest BCUT2D eigenvalue weighted by molar-refractivity contribution is 9.10. The summed E-state index contributed by atoms with van der Waals surface area (Å²) in [4.78, 5) is 29.7. The van der Waals surface area contributed by atoms with Crippen molar-refractivity contribution in [3.05, 3.63) is 98.4 Å². The summed E-state index contributed by atoms with van der Waals surface area (Å²) in [5, 5.41) is 3.97. The summed E-state index contributed by atoms with van der Waals surface area (Å²) in [6, 6.07) is 20.3. The van der Waals surface area contributed by atoms with E-state index in [1.54, 1.807) is 42.5 Å². The molecule has 2 amide bonds. The van der Waals surface area contributed by atoms with Gasteiger partial charge in [-0.15, -0.1) is 0 Å². The summed E-state index contributed by atoms with van der Waals surface area (Å²) in [5.41, 5.74) is 1.78. The Kier molecular flexibility index (Phi) is 11.3. The fraction of sp³-hybridized carbons (Fsp3) is 0.355. The SMILES string of the molecule is CS(=O)(=O)N(CC(=O)N(Cc1ccc(Cl)cc1Cl)C(Cc1ccccc1)C(=O)NC1CCCCC1)c1ccccc1Br. The van der Waals surface area contributed by atoms with E-state index >= 15 is 0 Å². The van der Waals surface area contributed by atoms with Crippen LogP contribution in [0.1, 0.15) is 43.2 Å². The predicted octanol–water partition coefficient (Wildman–Crippen LogP) is 6.61. The first-order chi connectivity index (χ1) is 20.0. The first-order valence-electron chi connectivity index (χ1n) is 13.8. The van der Waals surface area contributed by atoms with Crippen LogP contribution in [0.3, 0.4) is 0 Å². The van der Waals surface area contributed by atoms with Crippen molar-refractivity contribution in [1.29, 1.82) is 0 Å². The zero-order valence-corrected chi connectivity index (χ0v) is 27.2. The molecule has 1 aliphatic carbocycles. The number of nitrogens with one attached hydrogen (secondary N) is 1. The van der Waals surface area contributed by atoms with Crippen molar-refractivity contribution >= 4 is 66.7 Å². The maximum absolute atomic E-state index is 14.3. The van der Waals surface area contributed by atoms with Crippen LogP contribution in [0, 0.1) is 0 Å². The van der Waals surface area contributed by atoms with Crippen molar-refractivity contribution in [2.45, 2.75) is 57.2 Å². The van der Waals surface area contributed by atoms with Gasteiger partial charge in [0.1, 0.15) is 12.6 Å². The number of hydrogen-bond acceptors (Lipinski definition) is 4. The second-order valence-electron chi connectivity index (χ2n) is 10.5. The summed E-state index contributed by atoms with van der Waals surface area (Å²) in [5.74, 6) is -0.821. The van der Waals surface area contributed by atoms with E-state index in [1.165, 1.54) is 4.90 Å². The van der Waals surface area contributed by atoms with Gasteiger partial charge in [0.2, 0.25) is 21.8 Å². The number of sulfonamides is 1. The van der Waals surface area contributed by atoms with Crippen molar-refractivity contribution in [2.24, 2.45) is 0 Å². The Bertz CT molecular complexity index is 1500. The zero-order valence-electron chi connectivity index (χ0n) is 23.3. The van der Waals surface area contributed by atoms with Crippen LogP contribution in [-0.2, 0) is 32.6 Å². The molecule has 3 aromatic carbocycles. The molecule has 0 radical (unpaired) electrons. The molecule has 1 atom stereocenters. The highest BCUT2D eigenvalue weighted by atomic mass is 79.9. The van der Waals surface area contributed by atoms with E-state index in [0.717, 1.165) is 48.2 Å². The molecule has 0 heterocycles. The van der Waals surface area contributed by atoms with E-state index in [-0.39, 0.29) is 24.9 Å². The minimum Gasteiger partial charge on any atom is -0.352 e. The Morgan fingerprint density at radius 3 is 2.29 bits per heavy atom. The molecule has 1 saturated carbocycles. The van der Waals surface area contributed by atoms with Crippen molar-refractivity contribution < 1.29 is 18.0 Å². The molecule has 1 unspecified atom stereocenters. The van der Waals surface area contributed by atoms with E-state index in [1.807, 2.05) is 30.3 Å². The van der Waals surface area contributed by atoms with Crippen LogP contribution in [0.25, 0.3) is 0 Å². The molecule has 0 spiro atoms. The van der Waals surface area contributed by atoms with Gasteiger partial charge < -0.3 is 10.2 Å². The van der Waals surface area contributed by atoms with Gasteiger partial charge in [-0.2, -0.15) is 0 Å². The monoisotopic (exact) mass is 693 g/mol. The van der Waals surface area contributed by atoms with Crippen LogP contribution in [-0.4, -0.2) is 50.0 Å². The lowest BCUT2D eigenvalue weighted by atomic mass is 9.94. The third-order valence-electron chi connectivity index (χ3n) is 7.38. The van der Waals surface area contributed by atoms with Gasteiger partial charge >= 0.3 is 0 Å². The lowest BCUT2D eigenvalue weighted by Gasteiger charge is -2.35. The van der Waals surface area contributed by atoms with Crippen LogP contribution < -0.4 is 9.62 Å². The smallest absolute Gasteiger partial charge is 0.244 e. The highest BCUT2D eigenvalue weighted by Crippen LogP contribution is 2.29. The van der Waals surface area contributed by atoms with Crippen LogP contribution in [0.4, 0.5) is 5.69 Å². The van der Waals surface area contributed by atoms with Gasteiger partial charge in [0.25, 0.3) is 0 Å². The van der Waals surface area contributed by atoms with Gasteiger partial charge in [0.15, 0.2) is 0 Å². The summed E-state index contributed by atoms with van der Waals surface area (Å²) in [6.45, 7) is -0.521. The fourth-order valence-electron chi connectivity index (χ4n) is 5.18. The first kappa shape index (κ1) is 32.3. The van der Waals surface area contributed by atoms with Crippen LogP contribution in [0.5, 0.6) is 0 Å². The normalized spacial score (nSPS) is 14.7. The fourth-order valence-corrected chi connectivity index (χ4v) is 7.13. The van der Waals surface area contributed by atoms with Crippen molar-refractivity contribution in [3.8, 4) is 0 Å². The number of carbonyl (C=O) groups excluding carboxylic acids is 2. The Morgan fingerprint density at radius 1 is 0.976 bits per heavy atom. The highest BCUT2D eigenvalue weighted by Gasteiger charge is 2.34. The number of benzene rings is 3. The van der Waals surface area contributed by atoms with E-state index in [0.29, 0.717) is 25.8 Å². The summed E-state index contributed by atoms with van der Waals surface area (Å²) in [7, 11) is -3.87. The molecular weight excluding hydrogens is 661 g/mol. The topological polar surface area (TPSA) is 86.8 Å². The van der Waals surface area contributed by atoms with E-state index < -0.39 is 28.5 Å². The maximum Gasteiger partial charge on any atom is 0.244 e. The minimum atomic E-state index is -3.87. The van der Waals surface area contributed by atoms with Crippen LogP contribution >= 0.6 is 39.1 Å². The molecule has 0 aliphatic heterocycles. The molecule has 1 aliphatic rings. The minimum absolute atomic E-state index is 0.0159. The molecular formula is C31H34BrCl2N3O4S. The molecule has 3 aromatic rings. The Labute approximate surface area is 266 Å². The molecule has 224 valence electrons. The standard InChI is InChI=1S/C31H34BrCl2N3O4S/c1-42(40,41)37(28-15-9-8-14-26(28)32)21-30(38)36(20-23-16-17-24(33)19-27(23)34)29(18-22-10-4-2-5-11-22)31(39)35-25-12-6-3-7-13-25/h2,4-5,8-11,14-17,19,25,29H,3,6-7,12-13,18,20-21H2,1H3,(H,35,39).